The van der Waals surface area contributed by atoms with Gasteiger partial charge in [0.05, 0.1) is 5.69 Å². The third-order valence-corrected chi connectivity index (χ3v) is 4.66. The second kappa shape index (κ2) is 7.74. The lowest BCUT2D eigenvalue weighted by Crippen LogP contribution is -2.31. The minimum atomic E-state index is -0.343. The zero-order chi connectivity index (χ0) is 18.7. The van der Waals surface area contributed by atoms with Crippen molar-refractivity contribution in [3.8, 4) is 0 Å². The Bertz CT molecular complexity index is 879. The quantitative estimate of drug-likeness (QED) is 0.718. The molecule has 6 nitrogen and oxygen atoms in total. The third kappa shape index (κ3) is 3.96. The van der Waals surface area contributed by atoms with Crippen LogP contribution in [0.15, 0.2) is 41.2 Å². The van der Waals surface area contributed by atoms with Crippen molar-refractivity contribution < 1.29 is 9.32 Å². The Balaban J connectivity index is 1.76. The van der Waals surface area contributed by atoms with Crippen molar-refractivity contribution >= 4 is 17.5 Å². The van der Waals surface area contributed by atoms with Crippen LogP contribution in [-0.2, 0) is 18.3 Å². The van der Waals surface area contributed by atoms with Gasteiger partial charge in [0.15, 0.2) is 0 Å². The number of halogens is 1. The summed E-state index contributed by atoms with van der Waals surface area (Å²) in [6, 6.07) is 7.07. The number of aromatic nitrogens is 3. The number of nitrogens with one attached hydrogen (secondary N) is 1. The average Bonchev–Trinajstić information content (AvgIpc) is 3.17. The number of carbonyl (C=O) groups excluding carboxylic acids is 1. The van der Waals surface area contributed by atoms with Crippen molar-refractivity contribution in [3.05, 3.63) is 70.1 Å². The first-order valence-electron chi connectivity index (χ1n) is 8.39. The van der Waals surface area contributed by atoms with E-state index in [4.69, 9.17) is 16.1 Å². The van der Waals surface area contributed by atoms with Crippen molar-refractivity contribution in [1.82, 2.24) is 20.0 Å². The fraction of sp³-hybridized carbons (Fsp3) is 0.316. The normalized spacial score (nSPS) is 12.2. The number of hydrogen-bond donors (Lipinski definition) is 1. The molecule has 1 amide bonds. The molecule has 0 bridgehead atoms. The van der Waals surface area contributed by atoms with Crippen molar-refractivity contribution in [2.45, 2.75) is 32.7 Å². The molecule has 0 spiro atoms. The van der Waals surface area contributed by atoms with Crippen LogP contribution in [0, 0.1) is 13.8 Å². The first kappa shape index (κ1) is 18.2. The molecule has 0 aliphatic heterocycles. The van der Waals surface area contributed by atoms with Crippen LogP contribution < -0.4 is 5.32 Å². The monoisotopic (exact) mass is 372 g/mol. The summed E-state index contributed by atoms with van der Waals surface area (Å²) >= 11 is 5.99. The lowest BCUT2D eigenvalue weighted by molar-refractivity contribution is -0.121. The summed E-state index contributed by atoms with van der Waals surface area (Å²) < 4.78 is 7.05. The largest absolute Gasteiger partial charge is 0.361 e. The molecule has 7 heteroatoms. The molecule has 0 radical (unpaired) electrons. The molecular formula is C19H21ClN4O2. The zero-order valence-electron chi connectivity index (χ0n) is 15.0. The first-order valence-corrected chi connectivity index (χ1v) is 8.77. The lowest BCUT2D eigenvalue weighted by Gasteiger charge is -2.19. The molecule has 3 rings (SSSR count). The van der Waals surface area contributed by atoms with Gasteiger partial charge >= 0.3 is 0 Å². The van der Waals surface area contributed by atoms with E-state index >= 15 is 0 Å². The highest BCUT2D eigenvalue weighted by atomic mass is 35.5. The molecular weight excluding hydrogens is 352 g/mol. The Kier molecular flexibility index (Phi) is 5.42. The Morgan fingerprint density at radius 3 is 2.62 bits per heavy atom. The number of benzene rings is 1. The van der Waals surface area contributed by atoms with Crippen LogP contribution in [0.4, 0.5) is 0 Å². The SMILES string of the molecule is Cc1noc(C)c1CCC(=O)NC(c1ccc(Cl)cc1)c1nccn1C. The van der Waals surface area contributed by atoms with E-state index in [1.54, 1.807) is 6.20 Å². The van der Waals surface area contributed by atoms with Gasteiger partial charge in [-0.15, -0.1) is 0 Å². The van der Waals surface area contributed by atoms with Crippen LogP contribution in [-0.4, -0.2) is 20.6 Å². The molecule has 0 saturated carbocycles. The van der Waals surface area contributed by atoms with Crippen LogP contribution in [0.5, 0.6) is 0 Å². The van der Waals surface area contributed by atoms with Gasteiger partial charge < -0.3 is 14.4 Å². The van der Waals surface area contributed by atoms with Gasteiger partial charge in [0.2, 0.25) is 5.91 Å². The van der Waals surface area contributed by atoms with E-state index in [2.05, 4.69) is 15.5 Å². The molecule has 1 atom stereocenters. The molecule has 0 fully saturated rings. The van der Waals surface area contributed by atoms with Crippen LogP contribution >= 0.6 is 11.6 Å². The number of aryl methyl sites for hydroxylation is 3. The van der Waals surface area contributed by atoms with E-state index in [-0.39, 0.29) is 11.9 Å². The second-order valence-electron chi connectivity index (χ2n) is 6.25. The Labute approximate surface area is 157 Å². The molecule has 136 valence electrons. The maximum absolute atomic E-state index is 12.6. The van der Waals surface area contributed by atoms with Gasteiger partial charge in [-0.3, -0.25) is 4.79 Å². The van der Waals surface area contributed by atoms with Crippen LogP contribution in [0.1, 0.15) is 40.9 Å². The number of hydrogen-bond acceptors (Lipinski definition) is 4. The third-order valence-electron chi connectivity index (χ3n) is 4.41. The highest BCUT2D eigenvalue weighted by Gasteiger charge is 2.21. The summed E-state index contributed by atoms with van der Waals surface area (Å²) in [7, 11) is 1.90. The fourth-order valence-electron chi connectivity index (χ4n) is 2.94. The standard InChI is InChI=1S/C19H21ClN4O2/c1-12-16(13(2)26-23-12)8-9-17(25)22-18(19-21-10-11-24(19)3)14-4-6-15(20)7-5-14/h4-7,10-11,18H,8-9H2,1-3H3,(H,22,25). The Morgan fingerprint density at radius 2 is 2.04 bits per heavy atom. The maximum atomic E-state index is 12.6. The van der Waals surface area contributed by atoms with E-state index in [9.17, 15) is 4.79 Å². The highest BCUT2D eigenvalue weighted by molar-refractivity contribution is 6.30. The maximum Gasteiger partial charge on any atom is 0.221 e. The molecule has 2 aromatic heterocycles. The number of nitrogens with zero attached hydrogens (tertiary/aromatic N) is 3. The van der Waals surface area contributed by atoms with Crippen LogP contribution in [0.3, 0.4) is 0 Å². The smallest absolute Gasteiger partial charge is 0.221 e. The molecule has 0 aliphatic rings. The summed E-state index contributed by atoms with van der Waals surface area (Å²) in [5.74, 6) is 1.46. The van der Waals surface area contributed by atoms with Crippen molar-refractivity contribution in [1.29, 1.82) is 0 Å². The number of amides is 1. The number of imidazole rings is 1. The number of rotatable bonds is 6. The van der Waals surface area contributed by atoms with E-state index in [0.29, 0.717) is 17.9 Å². The molecule has 0 aliphatic carbocycles. The van der Waals surface area contributed by atoms with Gasteiger partial charge in [-0.2, -0.15) is 0 Å². The first-order chi connectivity index (χ1) is 12.5. The summed E-state index contributed by atoms with van der Waals surface area (Å²) in [6.45, 7) is 3.74. The molecule has 2 heterocycles. The molecule has 1 aromatic carbocycles. The van der Waals surface area contributed by atoms with Crippen molar-refractivity contribution in [3.63, 3.8) is 0 Å². The van der Waals surface area contributed by atoms with E-state index < -0.39 is 0 Å². The van der Waals surface area contributed by atoms with Gasteiger partial charge in [0.25, 0.3) is 0 Å². The molecule has 26 heavy (non-hydrogen) atoms. The average molecular weight is 373 g/mol. The summed E-state index contributed by atoms with van der Waals surface area (Å²) in [6.07, 6.45) is 4.50. The van der Waals surface area contributed by atoms with Crippen LogP contribution in [0.25, 0.3) is 0 Å². The highest BCUT2D eigenvalue weighted by Crippen LogP contribution is 2.23. The predicted molar refractivity (Wildman–Crippen MR) is 98.9 cm³/mol. The van der Waals surface area contributed by atoms with Gasteiger partial charge in [-0.1, -0.05) is 28.9 Å². The molecule has 1 unspecified atom stereocenters. The van der Waals surface area contributed by atoms with E-state index in [1.165, 1.54) is 0 Å². The predicted octanol–water partition coefficient (Wildman–Crippen LogP) is 3.52. The Hall–Kier alpha value is -2.60. The number of carbonyl (C=O) groups is 1. The van der Waals surface area contributed by atoms with Gasteiger partial charge in [-0.25, -0.2) is 4.98 Å². The van der Waals surface area contributed by atoms with Gasteiger partial charge in [-0.05, 0) is 38.0 Å². The summed E-state index contributed by atoms with van der Waals surface area (Å²) in [5, 5.41) is 7.66. The van der Waals surface area contributed by atoms with E-state index in [1.807, 2.05) is 55.9 Å². The van der Waals surface area contributed by atoms with Gasteiger partial charge in [0.1, 0.15) is 17.6 Å². The van der Waals surface area contributed by atoms with Crippen molar-refractivity contribution in [2.75, 3.05) is 0 Å². The van der Waals surface area contributed by atoms with Gasteiger partial charge in [0, 0.05) is 36.4 Å². The minimum Gasteiger partial charge on any atom is -0.361 e. The topological polar surface area (TPSA) is 73.0 Å². The summed E-state index contributed by atoms with van der Waals surface area (Å²) in [5.41, 5.74) is 2.74. The van der Waals surface area contributed by atoms with Crippen molar-refractivity contribution in [2.24, 2.45) is 7.05 Å². The Morgan fingerprint density at radius 1 is 1.31 bits per heavy atom. The molecule has 1 N–H and O–H groups in total. The minimum absolute atomic E-state index is 0.0621. The molecule has 3 aromatic rings. The zero-order valence-corrected chi connectivity index (χ0v) is 15.7. The lowest BCUT2D eigenvalue weighted by atomic mass is 10.0. The van der Waals surface area contributed by atoms with E-state index in [0.717, 1.165) is 28.4 Å². The fourth-order valence-corrected chi connectivity index (χ4v) is 3.06. The summed E-state index contributed by atoms with van der Waals surface area (Å²) in [4.78, 5) is 17.0. The van der Waals surface area contributed by atoms with Crippen LogP contribution in [0.2, 0.25) is 5.02 Å². The second-order valence-corrected chi connectivity index (χ2v) is 6.69. The molecule has 0 saturated heterocycles.